The Morgan fingerprint density at radius 3 is 2.83 bits per heavy atom. The number of hydrogen-bond acceptors (Lipinski definition) is 2. The fourth-order valence-corrected chi connectivity index (χ4v) is 2.02. The first-order valence-electron chi connectivity index (χ1n) is 6.29. The van der Waals surface area contributed by atoms with E-state index in [2.05, 4.69) is 19.2 Å². The van der Waals surface area contributed by atoms with Gasteiger partial charge in [-0.2, -0.15) is 0 Å². The van der Waals surface area contributed by atoms with Crippen LogP contribution in [0.3, 0.4) is 0 Å². The Balaban J connectivity index is 2.35. The first kappa shape index (κ1) is 12.8. The summed E-state index contributed by atoms with van der Waals surface area (Å²) in [6.07, 6.45) is 2.68. The molecule has 0 aliphatic rings. The molecule has 18 heavy (non-hydrogen) atoms. The van der Waals surface area contributed by atoms with Gasteiger partial charge in [-0.25, -0.2) is 4.39 Å². The van der Waals surface area contributed by atoms with E-state index >= 15 is 0 Å². The third-order valence-corrected chi connectivity index (χ3v) is 2.97. The predicted molar refractivity (Wildman–Crippen MR) is 70.8 cm³/mol. The van der Waals surface area contributed by atoms with Crippen LogP contribution < -0.4 is 5.32 Å². The summed E-state index contributed by atoms with van der Waals surface area (Å²) in [6, 6.07) is 8.68. The topological polar surface area (TPSA) is 25.2 Å². The van der Waals surface area contributed by atoms with Gasteiger partial charge in [0.1, 0.15) is 11.6 Å². The van der Waals surface area contributed by atoms with E-state index in [9.17, 15) is 4.39 Å². The van der Waals surface area contributed by atoms with Gasteiger partial charge >= 0.3 is 0 Å². The largest absolute Gasteiger partial charge is 0.464 e. The first-order chi connectivity index (χ1) is 8.72. The molecule has 2 nitrogen and oxygen atoms in total. The third kappa shape index (κ3) is 2.79. The molecular formula is C15H18FNO. The highest BCUT2D eigenvalue weighted by atomic mass is 19.1. The van der Waals surface area contributed by atoms with E-state index in [1.165, 1.54) is 12.1 Å². The average Bonchev–Trinajstić information content (AvgIpc) is 2.89. The van der Waals surface area contributed by atoms with Crippen molar-refractivity contribution in [3.8, 4) is 11.3 Å². The fourth-order valence-electron chi connectivity index (χ4n) is 2.02. The molecule has 0 spiro atoms. The molecule has 1 aromatic carbocycles. The summed E-state index contributed by atoms with van der Waals surface area (Å²) in [5.74, 6) is 0.461. The van der Waals surface area contributed by atoms with Crippen LogP contribution in [0.5, 0.6) is 0 Å². The molecule has 1 N–H and O–H groups in total. The van der Waals surface area contributed by atoms with Crippen LogP contribution in [0.25, 0.3) is 11.3 Å². The van der Waals surface area contributed by atoms with Gasteiger partial charge in [0.15, 0.2) is 0 Å². The van der Waals surface area contributed by atoms with Crippen molar-refractivity contribution < 1.29 is 8.81 Å². The molecule has 0 radical (unpaired) electrons. The van der Waals surface area contributed by atoms with Gasteiger partial charge in [-0.3, -0.25) is 0 Å². The Morgan fingerprint density at radius 2 is 2.17 bits per heavy atom. The summed E-state index contributed by atoms with van der Waals surface area (Å²) < 4.78 is 18.8. The van der Waals surface area contributed by atoms with E-state index in [0.29, 0.717) is 5.76 Å². The quantitative estimate of drug-likeness (QED) is 0.858. The highest BCUT2D eigenvalue weighted by Crippen LogP contribution is 2.29. The molecule has 0 aliphatic heterocycles. The van der Waals surface area contributed by atoms with Crippen molar-refractivity contribution in [2.75, 3.05) is 6.54 Å². The van der Waals surface area contributed by atoms with Gasteiger partial charge in [-0.05, 0) is 49.7 Å². The van der Waals surface area contributed by atoms with Crippen LogP contribution in [-0.4, -0.2) is 6.54 Å². The molecule has 0 saturated heterocycles. The van der Waals surface area contributed by atoms with Gasteiger partial charge in [-0.15, -0.1) is 0 Å². The Kier molecular flexibility index (Phi) is 4.15. The summed E-state index contributed by atoms with van der Waals surface area (Å²) in [4.78, 5) is 0. The van der Waals surface area contributed by atoms with Gasteiger partial charge in [0.2, 0.25) is 0 Å². The second-order valence-electron chi connectivity index (χ2n) is 4.38. The zero-order valence-electron chi connectivity index (χ0n) is 10.7. The van der Waals surface area contributed by atoms with Crippen LogP contribution >= 0.6 is 0 Å². The Bertz CT molecular complexity index is 493. The molecule has 0 bridgehead atoms. The summed E-state index contributed by atoms with van der Waals surface area (Å²) in [5.41, 5.74) is 1.87. The number of halogens is 1. The van der Waals surface area contributed by atoms with Gasteiger partial charge in [0.05, 0.1) is 6.26 Å². The van der Waals surface area contributed by atoms with Crippen LogP contribution in [0, 0.1) is 5.82 Å². The fraction of sp³-hybridized carbons (Fsp3) is 0.333. The van der Waals surface area contributed by atoms with Crippen molar-refractivity contribution in [2.45, 2.75) is 26.3 Å². The Labute approximate surface area is 107 Å². The normalized spacial score (nSPS) is 12.6. The first-order valence-corrected chi connectivity index (χ1v) is 6.29. The number of nitrogens with one attached hydrogen (secondary N) is 1. The molecule has 1 aromatic heterocycles. The second kappa shape index (κ2) is 5.83. The van der Waals surface area contributed by atoms with Crippen molar-refractivity contribution in [3.05, 3.63) is 48.0 Å². The van der Waals surface area contributed by atoms with Crippen LogP contribution in [0.2, 0.25) is 0 Å². The molecule has 1 unspecified atom stereocenters. The van der Waals surface area contributed by atoms with Gasteiger partial charge in [0.25, 0.3) is 0 Å². The Hall–Kier alpha value is -1.61. The van der Waals surface area contributed by atoms with E-state index in [1.807, 2.05) is 18.2 Å². The van der Waals surface area contributed by atoms with Crippen LogP contribution in [0.15, 0.2) is 41.0 Å². The molecule has 96 valence electrons. The maximum atomic E-state index is 13.4. The minimum absolute atomic E-state index is 0.172. The lowest BCUT2D eigenvalue weighted by Crippen LogP contribution is -2.19. The summed E-state index contributed by atoms with van der Waals surface area (Å²) >= 11 is 0. The Morgan fingerprint density at radius 1 is 1.33 bits per heavy atom. The number of hydrogen-bond donors (Lipinski definition) is 1. The van der Waals surface area contributed by atoms with Crippen LogP contribution in [0.4, 0.5) is 4.39 Å². The van der Waals surface area contributed by atoms with Crippen molar-refractivity contribution in [1.29, 1.82) is 0 Å². The third-order valence-electron chi connectivity index (χ3n) is 2.97. The molecule has 1 atom stereocenters. The maximum absolute atomic E-state index is 13.4. The SMILES string of the molecule is CCCNC(C)c1ccc(F)cc1-c1ccco1. The highest BCUT2D eigenvalue weighted by molar-refractivity contribution is 5.63. The lowest BCUT2D eigenvalue weighted by molar-refractivity contribution is 0.557. The van der Waals surface area contributed by atoms with Crippen LogP contribution in [0.1, 0.15) is 31.9 Å². The molecule has 3 heteroatoms. The van der Waals surface area contributed by atoms with E-state index in [0.717, 1.165) is 24.1 Å². The number of furan rings is 1. The van der Waals surface area contributed by atoms with Gasteiger partial charge in [-0.1, -0.05) is 13.0 Å². The molecule has 0 saturated carbocycles. The number of benzene rings is 1. The van der Waals surface area contributed by atoms with Crippen molar-refractivity contribution in [3.63, 3.8) is 0 Å². The minimum atomic E-state index is -0.243. The average molecular weight is 247 g/mol. The van der Waals surface area contributed by atoms with Crippen LogP contribution in [-0.2, 0) is 0 Å². The lowest BCUT2D eigenvalue weighted by Gasteiger charge is -2.17. The van der Waals surface area contributed by atoms with Gasteiger partial charge < -0.3 is 9.73 Å². The van der Waals surface area contributed by atoms with Gasteiger partial charge in [0, 0.05) is 11.6 Å². The van der Waals surface area contributed by atoms with E-state index in [1.54, 1.807) is 6.26 Å². The summed E-state index contributed by atoms with van der Waals surface area (Å²) in [5, 5.41) is 3.41. The standard InChI is InChI=1S/C15H18FNO/c1-3-8-17-11(2)13-7-6-12(16)10-14(13)15-5-4-9-18-15/h4-7,9-11,17H,3,8H2,1-2H3. The van der Waals surface area contributed by atoms with E-state index in [-0.39, 0.29) is 11.9 Å². The van der Waals surface area contributed by atoms with Crippen molar-refractivity contribution in [1.82, 2.24) is 5.32 Å². The summed E-state index contributed by atoms with van der Waals surface area (Å²) in [7, 11) is 0. The zero-order valence-corrected chi connectivity index (χ0v) is 10.7. The monoisotopic (exact) mass is 247 g/mol. The summed E-state index contributed by atoms with van der Waals surface area (Å²) in [6.45, 7) is 5.14. The molecule has 0 aliphatic carbocycles. The van der Waals surface area contributed by atoms with E-state index in [4.69, 9.17) is 4.42 Å². The molecule has 0 amide bonds. The molecular weight excluding hydrogens is 229 g/mol. The highest BCUT2D eigenvalue weighted by Gasteiger charge is 2.14. The van der Waals surface area contributed by atoms with E-state index < -0.39 is 0 Å². The molecule has 2 rings (SSSR count). The second-order valence-corrected chi connectivity index (χ2v) is 4.38. The molecule has 1 heterocycles. The smallest absolute Gasteiger partial charge is 0.134 e. The van der Waals surface area contributed by atoms with Crippen molar-refractivity contribution >= 4 is 0 Å². The zero-order chi connectivity index (χ0) is 13.0. The maximum Gasteiger partial charge on any atom is 0.134 e. The molecule has 2 aromatic rings. The molecule has 0 fully saturated rings. The predicted octanol–water partition coefficient (Wildman–Crippen LogP) is 4.15. The minimum Gasteiger partial charge on any atom is -0.464 e. The van der Waals surface area contributed by atoms with Crippen molar-refractivity contribution in [2.24, 2.45) is 0 Å². The lowest BCUT2D eigenvalue weighted by atomic mass is 9.99. The number of rotatable bonds is 5.